The summed E-state index contributed by atoms with van der Waals surface area (Å²) in [4.78, 5) is 32.1. The summed E-state index contributed by atoms with van der Waals surface area (Å²) in [5, 5.41) is 5.02. The molecule has 3 aromatic rings. The smallest absolute Gasteiger partial charge is 0.282 e. The molecule has 0 saturated carbocycles. The highest BCUT2D eigenvalue weighted by molar-refractivity contribution is 14.1. The minimum atomic E-state index is -0.209. The summed E-state index contributed by atoms with van der Waals surface area (Å²) in [7, 11) is 0. The first-order chi connectivity index (χ1) is 16.9. The number of halogens is 2. The van der Waals surface area contributed by atoms with Crippen LogP contribution in [0.4, 0.5) is 0 Å². The standard InChI is InChI=1S/C25H26BrIN4O4/c1-3-16(2)24-29-21-6-5-18(26)13-19(21)25(33)31(24)28-14-17-4-7-22(20(27)12-17)35-15-23(32)30-8-10-34-11-9-30/h4-7,12-14,16H,3,8-11,15H2,1-2H3/t16-/m1/s1. The maximum Gasteiger partial charge on any atom is 0.282 e. The van der Waals surface area contributed by atoms with Crippen molar-refractivity contribution in [3.63, 3.8) is 0 Å². The van der Waals surface area contributed by atoms with E-state index in [-0.39, 0.29) is 24.0 Å². The first-order valence-electron chi connectivity index (χ1n) is 11.4. The van der Waals surface area contributed by atoms with E-state index in [0.717, 1.165) is 20.0 Å². The molecule has 1 aromatic heterocycles. The van der Waals surface area contributed by atoms with Gasteiger partial charge in [-0.1, -0.05) is 29.8 Å². The van der Waals surface area contributed by atoms with E-state index in [9.17, 15) is 9.59 Å². The van der Waals surface area contributed by atoms with E-state index in [4.69, 9.17) is 14.5 Å². The Morgan fingerprint density at radius 2 is 2.06 bits per heavy atom. The van der Waals surface area contributed by atoms with E-state index >= 15 is 0 Å². The molecule has 2 heterocycles. The van der Waals surface area contributed by atoms with E-state index in [1.807, 2.05) is 37.3 Å². The number of morpholine rings is 1. The van der Waals surface area contributed by atoms with Crippen molar-refractivity contribution in [1.29, 1.82) is 0 Å². The van der Waals surface area contributed by atoms with Crippen LogP contribution in [0.15, 0.2) is 50.8 Å². The summed E-state index contributed by atoms with van der Waals surface area (Å²) in [6.45, 7) is 6.37. The molecule has 1 atom stereocenters. The Hall–Kier alpha value is -2.31. The number of benzene rings is 2. The number of rotatable bonds is 7. The number of aromatic nitrogens is 2. The molecule has 1 amide bonds. The summed E-state index contributed by atoms with van der Waals surface area (Å²) in [6, 6.07) is 11.0. The average Bonchev–Trinajstić information content (AvgIpc) is 2.87. The Balaban J connectivity index is 1.56. The van der Waals surface area contributed by atoms with Gasteiger partial charge < -0.3 is 14.4 Å². The van der Waals surface area contributed by atoms with Crippen molar-refractivity contribution in [2.75, 3.05) is 32.9 Å². The minimum Gasteiger partial charge on any atom is -0.483 e. The highest BCUT2D eigenvalue weighted by Gasteiger charge is 2.18. The first kappa shape index (κ1) is 25.8. The van der Waals surface area contributed by atoms with Gasteiger partial charge in [-0.05, 0) is 71.0 Å². The van der Waals surface area contributed by atoms with Crippen molar-refractivity contribution >= 4 is 61.5 Å². The second-order valence-corrected chi connectivity index (χ2v) is 10.4. The number of hydrogen-bond acceptors (Lipinski definition) is 6. The van der Waals surface area contributed by atoms with Gasteiger partial charge in [0, 0.05) is 23.5 Å². The van der Waals surface area contributed by atoms with Gasteiger partial charge in [-0.3, -0.25) is 9.59 Å². The Labute approximate surface area is 225 Å². The molecule has 0 bridgehead atoms. The van der Waals surface area contributed by atoms with Crippen LogP contribution in [0.1, 0.15) is 37.6 Å². The van der Waals surface area contributed by atoms with Crippen LogP contribution < -0.4 is 10.3 Å². The number of carbonyl (C=O) groups excluding carboxylic acids is 1. The van der Waals surface area contributed by atoms with Gasteiger partial charge in [0.25, 0.3) is 11.5 Å². The lowest BCUT2D eigenvalue weighted by Crippen LogP contribution is -2.43. The lowest BCUT2D eigenvalue weighted by atomic mass is 10.1. The third-order valence-corrected chi connectivity index (χ3v) is 7.22. The first-order valence-corrected chi connectivity index (χ1v) is 13.3. The molecule has 184 valence electrons. The molecule has 10 heteroatoms. The molecular weight excluding hydrogens is 627 g/mol. The number of nitrogens with zero attached hydrogens (tertiary/aromatic N) is 4. The van der Waals surface area contributed by atoms with Crippen LogP contribution in [-0.2, 0) is 9.53 Å². The molecule has 8 nitrogen and oxygen atoms in total. The predicted octanol–water partition coefficient (Wildman–Crippen LogP) is 4.40. The number of carbonyl (C=O) groups is 1. The van der Waals surface area contributed by atoms with Gasteiger partial charge in [0.2, 0.25) is 0 Å². The lowest BCUT2D eigenvalue weighted by molar-refractivity contribution is -0.137. The van der Waals surface area contributed by atoms with Gasteiger partial charge in [-0.2, -0.15) is 9.78 Å². The second-order valence-electron chi connectivity index (χ2n) is 8.27. The molecule has 0 N–H and O–H groups in total. The fourth-order valence-corrected chi connectivity index (χ4v) is 4.72. The normalized spacial score (nSPS) is 15.0. The van der Waals surface area contributed by atoms with Gasteiger partial charge in [-0.15, -0.1) is 0 Å². The Morgan fingerprint density at radius 1 is 1.29 bits per heavy atom. The van der Waals surface area contributed by atoms with Crippen molar-refractivity contribution in [3.8, 4) is 5.75 Å². The third kappa shape index (κ3) is 6.10. The van der Waals surface area contributed by atoms with E-state index in [1.165, 1.54) is 4.68 Å². The van der Waals surface area contributed by atoms with Crippen molar-refractivity contribution in [2.45, 2.75) is 26.2 Å². The monoisotopic (exact) mass is 652 g/mol. The highest BCUT2D eigenvalue weighted by atomic mass is 127. The van der Waals surface area contributed by atoms with Crippen LogP contribution in [0.25, 0.3) is 10.9 Å². The largest absolute Gasteiger partial charge is 0.483 e. The van der Waals surface area contributed by atoms with Crippen LogP contribution in [0.5, 0.6) is 5.75 Å². The Kier molecular flexibility index (Phi) is 8.55. The second kappa shape index (κ2) is 11.6. The van der Waals surface area contributed by atoms with Gasteiger partial charge in [0.1, 0.15) is 11.6 Å². The summed E-state index contributed by atoms with van der Waals surface area (Å²) in [6.07, 6.45) is 2.47. The molecule has 1 aliphatic heterocycles. The van der Waals surface area contributed by atoms with Crippen molar-refractivity contribution in [3.05, 3.63) is 66.2 Å². The number of fused-ring (bicyclic) bond motifs is 1. The van der Waals surface area contributed by atoms with Gasteiger partial charge >= 0.3 is 0 Å². The summed E-state index contributed by atoms with van der Waals surface area (Å²) < 4.78 is 14.1. The van der Waals surface area contributed by atoms with E-state index in [0.29, 0.717) is 48.8 Å². The Morgan fingerprint density at radius 3 is 2.77 bits per heavy atom. The molecule has 1 fully saturated rings. The maximum absolute atomic E-state index is 13.3. The molecule has 0 unspecified atom stereocenters. The highest BCUT2D eigenvalue weighted by Crippen LogP contribution is 2.23. The summed E-state index contributed by atoms with van der Waals surface area (Å²) in [5.74, 6) is 1.26. The molecule has 4 rings (SSSR count). The fraction of sp³-hybridized carbons (Fsp3) is 0.360. The molecule has 35 heavy (non-hydrogen) atoms. The number of amides is 1. The zero-order valence-electron chi connectivity index (χ0n) is 19.5. The number of ether oxygens (including phenoxy) is 2. The molecule has 0 aliphatic carbocycles. The zero-order chi connectivity index (χ0) is 24.9. The van der Waals surface area contributed by atoms with Crippen LogP contribution in [0, 0.1) is 3.57 Å². The molecule has 1 aliphatic rings. The fourth-order valence-electron chi connectivity index (χ4n) is 3.66. The zero-order valence-corrected chi connectivity index (χ0v) is 23.3. The van der Waals surface area contributed by atoms with E-state index in [1.54, 1.807) is 17.2 Å². The van der Waals surface area contributed by atoms with Crippen LogP contribution in [0.3, 0.4) is 0 Å². The lowest BCUT2D eigenvalue weighted by Gasteiger charge is -2.26. The van der Waals surface area contributed by atoms with Crippen LogP contribution in [-0.4, -0.2) is 59.6 Å². The van der Waals surface area contributed by atoms with Crippen molar-refractivity contribution < 1.29 is 14.3 Å². The van der Waals surface area contributed by atoms with Gasteiger partial charge in [0.15, 0.2) is 6.61 Å². The summed E-state index contributed by atoms with van der Waals surface area (Å²) in [5.41, 5.74) is 1.25. The Bertz CT molecular complexity index is 1320. The summed E-state index contributed by atoms with van der Waals surface area (Å²) >= 11 is 5.60. The van der Waals surface area contributed by atoms with E-state index in [2.05, 4.69) is 50.5 Å². The van der Waals surface area contributed by atoms with Crippen LogP contribution in [0.2, 0.25) is 0 Å². The van der Waals surface area contributed by atoms with Crippen molar-refractivity contribution in [1.82, 2.24) is 14.6 Å². The maximum atomic E-state index is 13.3. The van der Waals surface area contributed by atoms with E-state index < -0.39 is 0 Å². The van der Waals surface area contributed by atoms with Gasteiger partial charge in [0.05, 0.1) is 33.9 Å². The minimum absolute atomic E-state index is 0.0184. The number of hydrogen-bond donors (Lipinski definition) is 0. The third-order valence-electron chi connectivity index (χ3n) is 5.88. The topological polar surface area (TPSA) is 86.0 Å². The molecular formula is C25H26BrIN4O4. The van der Waals surface area contributed by atoms with Crippen molar-refractivity contribution in [2.24, 2.45) is 5.10 Å². The average molecular weight is 653 g/mol. The van der Waals surface area contributed by atoms with Gasteiger partial charge in [-0.25, -0.2) is 4.98 Å². The molecule has 2 aromatic carbocycles. The molecule has 1 saturated heterocycles. The molecule has 0 radical (unpaired) electrons. The predicted molar refractivity (Wildman–Crippen MR) is 147 cm³/mol. The quantitative estimate of drug-likeness (QED) is 0.279. The SMILES string of the molecule is CC[C@@H](C)c1nc2ccc(Br)cc2c(=O)n1N=Cc1ccc(OCC(=O)N2CCOCC2)c(I)c1. The molecule has 0 spiro atoms. The van der Waals surface area contributed by atoms with Crippen LogP contribution >= 0.6 is 38.5 Å².